The first-order valence-corrected chi connectivity index (χ1v) is 12.4. The van der Waals surface area contributed by atoms with Gasteiger partial charge in [0, 0.05) is 0 Å². The van der Waals surface area contributed by atoms with Crippen LogP contribution in [0, 0.1) is 0 Å². The standard InChI is InChI=1S/C21H20BrO2P/c1-17(21(23)24)25(22,18-11-5-2-6-12-18,19-13-7-3-8-14-19)20-15-9-4-10-16-20/h2-17H,1H3,(H,23,24). The van der Waals surface area contributed by atoms with E-state index in [-0.39, 0.29) is 0 Å². The summed E-state index contributed by atoms with van der Waals surface area (Å²) in [5, 5.41) is 9.72. The van der Waals surface area contributed by atoms with Gasteiger partial charge in [-0.3, -0.25) is 0 Å². The second-order valence-corrected chi connectivity index (χ2v) is 15.0. The van der Waals surface area contributed by atoms with Crippen molar-refractivity contribution in [2.45, 2.75) is 12.6 Å². The van der Waals surface area contributed by atoms with Crippen LogP contribution < -0.4 is 15.9 Å². The first-order valence-electron chi connectivity index (χ1n) is 8.12. The third kappa shape index (κ3) is 2.63. The molecule has 3 aromatic rings. The Hall–Kier alpha value is -1.96. The van der Waals surface area contributed by atoms with Crippen LogP contribution in [0.2, 0.25) is 0 Å². The van der Waals surface area contributed by atoms with Crippen molar-refractivity contribution in [2.75, 3.05) is 0 Å². The SMILES string of the molecule is CC(C(=O)O)P(Br)(c1ccccc1)(c1ccccc1)c1ccccc1. The number of rotatable bonds is 5. The molecule has 0 aliphatic rings. The number of hydrogen-bond acceptors (Lipinski definition) is 1. The summed E-state index contributed by atoms with van der Waals surface area (Å²) in [6.07, 6.45) is 0. The van der Waals surface area contributed by atoms with Crippen molar-refractivity contribution < 1.29 is 9.90 Å². The van der Waals surface area contributed by atoms with E-state index in [0.717, 1.165) is 15.9 Å². The number of benzene rings is 3. The molecule has 0 radical (unpaired) electrons. The van der Waals surface area contributed by atoms with Crippen LogP contribution in [-0.2, 0) is 4.79 Å². The first kappa shape index (κ1) is 17.8. The summed E-state index contributed by atoms with van der Waals surface area (Å²) in [5.74, 6) is -0.814. The predicted molar refractivity (Wildman–Crippen MR) is 111 cm³/mol. The van der Waals surface area contributed by atoms with E-state index in [9.17, 15) is 9.90 Å². The summed E-state index contributed by atoms with van der Waals surface area (Å²) in [6, 6.07) is 29.9. The van der Waals surface area contributed by atoms with Crippen LogP contribution in [0.3, 0.4) is 0 Å². The Morgan fingerprint density at radius 2 is 1.04 bits per heavy atom. The quantitative estimate of drug-likeness (QED) is 0.631. The zero-order chi connectivity index (χ0) is 17.9. The van der Waals surface area contributed by atoms with Crippen LogP contribution in [0.5, 0.6) is 0 Å². The molecule has 1 unspecified atom stereocenters. The van der Waals surface area contributed by atoms with E-state index in [2.05, 4.69) is 15.5 Å². The van der Waals surface area contributed by atoms with Gasteiger partial charge in [-0.2, -0.15) is 0 Å². The van der Waals surface area contributed by atoms with Crippen LogP contribution in [0.25, 0.3) is 0 Å². The summed E-state index contributed by atoms with van der Waals surface area (Å²) in [6.45, 7) is 1.81. The molecule has 2 nitrogen and oxygen atoms in total. The van der Waals surface area contributed by atoms with Gasteiger partial charge in [-0.25, -0.2) is 0 Å². The Balaban J connectivity index is 2.52. The van der Waals surface area contributed by atoms with Crippen molar-refractivity contribution in [1.82, 2.24) is 0 Å². The topological polar surface area (TPSA) is 37.3 Å². The second kappa shape index (κ2) is 6.74. The van der Waals surface area contributed by atoms with Crippen LogP contribution in [0.15, 0.2) is 91.0 Å². The predicted octanol–water partition coefficient (Wildman–Crippen LogP) is 4.30. The molecular formula is C21H20BrO2P. The molecule has 3 rings (SSSR count). The van der Waals surface area contributed by atoms with E-state index in [4.69, 9.17) is 0 Å². The Labute approximate surface area is 156 Å². The van der Waals surface area contributed by atoms with Gasteiger partial charge >= 0.3 is 156 Å². The van der Waals surface area contributed by atoms with Gasteiger partial charge in [0.15, 0.2) is 0 Å². The van der Waals surface area contributed by atoms with Gasteiger partial charge < -0.3 is 0 Å². The molecule has 1 atom stereocenters. The molecule has 1 N–H and O–H groups in total. The van der Waals surface area contributed by atoms with Gasteiger partial charge in [0.2, 0.25) is 0 Å². The van der Waals surface area contributed by atoms with E-state index in [1.165, 1.54) is 0 Å². The Morgan fingerprint density at radius 3 is 1.28 bits per heavy atom. The van der Waals surface area contributed by atoms with Crippen molar-refractivity contribution in [1.29, 1.82) is 0 Å². The fraction of sp³-hybridized carbons (Fsp3) is 0.0952. The summed E-state index contributed by atoms with van der Waals surface area (Å²) in [5.41, 5.74) is -0.627. The zero-order valence-corrected chi connectivity index (χ0v) is 16.4. The van der Waals surface area contributed by atoms with Crippen LogP contribution >= 0.6 is 20.8 Å². The molecule has 0 spiro atoms. The second-order valence-electron chi connectivity index (χ2n) is 6.09. The molecular weight excluding hydrogens is 395 g/mol. The maximum absolute atomic E-state index is 12.3. The van der Waals surface area contributed by atoms with E-state index in [1.54, 1.807) is 0 Å². The summed E-state index contributed by atoms with van der Waals surface area (Å²) < 4.78 is 0. The molecule has 0 fully saturated rings. The van der Waals surface area contributed by atoms with Gasteiger partial charge in [-0.1, -0.05) is 0 Å². The minimum atomic E-state index is -3.39. The normalized spacial score (nSPS) is 14.2. The Kier molecular flexibility index (Phi) is 4.81. The molecule has 0 bridgehead atoms. The van der Waals surface area contributed by atoms with E-state index >= 15 is 0 Å². The first-order chi connectivity index (χ1) is 12.0. The van der Waals surface area contributed by atoms with Gasteiger partial charge in [0.1, 0.15) is 0 Å². The molecule has 0 aliphatic carbocycles. The molecule has 0 aliphatic heterocycles. The molecule has 0 amide bonds. The average Bonchev–Trinajstić information content (AvgIpc) is 2.69. The number of carbonyl (C=O) groups is 1. The molecule has 4 heteroatoms. The molecule has 25 heavy (non-hydrogen) atoms. The fourth-order valence-electron chi connectivity index (χ4n) is 3.48. The van der Waals surface area contributed by atoms with E-state index in [0.29, 0.717) is 0 Å². The van der Waals surface area contributed by atoms with Crippen molar-refractivity contribution in [3.63, 3.8) is 0 Å². The molecule has 0 heterocycles. The molecule has 3 aromatic carbocycles. The number of hydrogen-bond donors (Lipinski definition) is 1. The van der Waals surface area contributed by atoms with Crippen molar-refractivity contribution in [3.8, 4) is 0 Å². The Bertz CT molecular complexity index is 767. The van der Waals surface area contributed by atoms with E-state index < -0.39 is 16.9 Å². The van der Waals surface area contributed by atoms with Crippen LogP contribution in [0.1, 0.15) is 6.92 Å². The van der Waals surface area contributed by atoms with Crippen molar-refractivity contribution in [3.05, 3.63) is 91.0 Å². The summed E-state index contributed by atoms with van der Waals surface area (Å²) >= 11 is 4.13. The average molecular weight is 415 g/mol. The number of carboxylic acids is 1. The number of carboxylic acid groups (broad SMARTS) is 1. The molecule has 0 aromatic heterocycles. The van der Waals surface area contributed by atoms with Crippen LogP contribution in [-0.4, -0.2) is 16.7 Å². The third-order valence-electron chi connectivity index (χ3n) is 4.87. The molecule has 128 valence electrons. The van der Waals surface area contributed by atoms with Gasteiger partial charge in [0.25, 0.3) is 0 Å². The molecule has 0 saturated heterocycles. The van der Waals surface area contributed by atoms with Gasteiger partial charge in [-0.05, 0) is 0 Å². The number of aliphatic carboxylic acids is 1. The monoisotopic (exact) mass is 414 g/mol. The summed E-state index contributed by atoms with van der Waals surface area (Å²) in [7, 11) is 0. The Morgan fingerprint density at radius 1 is 0.760 bits per heavy atom. The van der Waals surface area contributed by atoms with Crippen molar-refractivity contribution >= 4 is 42.7 Å². The summed E-state index contributed by atoms with van der Waals surface area (Å²) in [4.78, 5) is 12.3. The van der Waals surface area contributed by atoms with Crippen molar-refractivity contribution in [2.24, 2.45) is 0 Å². The zero-order valence-electron chi connectivity index (χ0n) is 13.9. The minimum absolute atomic E-state index is 0.627. The van der Waals surface area contributed by atoms with Gasteiger partial charge in [0.05, 0.1) is 0 Å². The molecule has 0 saturated carbocycles. The van der Waals surface area contributed by atoms with E-state index in [1.807, 2.05) is 97.9 Å². The number of halogens is 1. The fourth-order valence-corrected chi connectivity index (χ4v) is 11.1. The third-order valence-corrected chi connectivity index (χ3v) is 16.0. The van der Waals surface area contributed by atoms with Crippen LogP contribution in [0.4, 0.5) is 0 Å². The maximum atomic E-state index is 12.3. The van der Waals surface area contributed by atoms with Gasteiger partial charge in [-0.15, -0.1) is 0 Å².